The van der Waals surface area contributed by atoms with E-state index in [0.717, 1.165) is 16.1 Å². The van der Waals surface area contributed by atoms with Crippen molar-refractivity contribution in [2.75, 3.05) is 0 Å². The van der Waals surface area contributed by atoms with Gasteiger partial charge in [-0.1, -0.05) is 41.4 Å². The van der Waals surface area contributed by atoms with Crippen molar-refractivity contribution in [2.45, 2.75) is 38.7 Å². The average Bonchev–Trinajstić information content (AvgIpc) is 2.39. The molecule has 1 aliphatic rings. The maximum Gasteiger partial charge on any atom is 0.120 e. The van der Waals surface area contributed by atoms with Gasteiger partial charge in [0.2, 0.25) is 0 Å². The van der Waals surface area contributed by atoms with E-state index in [1.54, 1.807) is 0 Å². The molecule has 1 aliphatic carbocycles. The van der Waals surface area contributed by atoms with Gasteiger partial charge in [-0.2, -0.15) is 0 Å². The number of benzene rings is 2. The van der Waals surface area contributed by atoms with Crippen LogP contribution in [0, 0.1) is 5.92 Å². The summed E-state index contributed by atoms with van der Waals surface area (Å²) in [5.41, 5.74) is 0. The Balaban J connectivity index is 1.79. The van der Waals surface area contributed by atoms with Gasteiger partial charge in [0.25, 0.3) is 0 Å². The van der Waals surface area contributed by atoms with E-state index in [1.807, 2.05) is 0 Å². The van der Waals surface area contributed by atoms with E-state index < -0.39 is 0 Å². The first kappa shape index (κ1) is 13.0. The highest BCUT2D eigenvalue weighted by Gasteiger charge is 2.20. The molecule has 0 saturated heterocycles. The molecule has 2 aromatic carbocycles. The van der Waals surface area contributed by atoms with E-state index in [-0.39, 0.29) is 0 Å². The van der Waals surface area contributed by atoms with Crippen LogP contribution in [-0.4, -0.2) is 6.10 Å². The molecule has 0 aromatic heterocycles. The van der Waals surface area contributed by atoms with Crippen molar-refractivity contribution in [3.05, 3.63) is 40.9 Å². The summed E-state index contributed by atoms with van der Waals surface area (Å²) in [4.78, 5) is 0. The first-order valence-corrected chi connectivity index (χ1v) is 7.86. The second-order valence-corrected chi connectivity index (χ2v) is 6.58. The molecule has 0 bridgehead atoms. The van der Waals surface area contributed by atoms with Crippen LogP contribution in [0.25, 0.3) is 10.8 Å². The Kier molecular flexibility index (Phi) is 3.79. The molecular formula is C17H19BrO. The van der Waals surface area contributed by atoms with Gasteiger partial charge in [0.1, 0.15) is 5.75 Å². The average molecular weight is 319 g/mol. The summed E-state index contributed by atoms with van der Waals surface area (Å²) < 4.78 is 7.27. The van der Waals surface area contributed by atoms with Gasteiger partial charge in [0.15, 0.2) is 0 Å². The molecule has 2 heteroatoms. The fourth-order valence-corrected chi connectivity index (χ4v) is 3.32. The van der Waals surface area contributed by atoms with Crippen molar-refractivity contribution >= 4 is 26.7 Å². The van der Waals surface area contributed by atoms with Gasteiger partial charge in [-0.05, 0) is 60.2 Å². The van der Waals surface area contributed by atoms with Crippen molar-refractivity contribution in [3.63, 3.8) is 0 Å². The Morgan fingerprint density at radius 3 is 2.68 bits per heavy atom. The number of hydrogen-bond acceptors (Lipinski definition) is 1. The predicted molar refractivity (Wildman–Crippen MR) is 83.7 cm³/mol. The molecule has 0 heterocycles. The highest BCUT2D eigenvalue weighted by Crippen LogP contribution is 2.29. The first-order chi connectivity index (χ1) is 9.20. The van der Waals surface area contributed by atoms with Crippen LogP contribution in [0.3, 0.4) is 0 Å². The molecule has 1 fully saturated rings. The van der Waals surface area contributed by atoms with Crippen LogP contribution < -0.4 is 4.74 Å². The summed E-state index contributed by atoms with van der Waals surface area (Å²) in [7, 11) is 0. The lowest BCUT2D eigenvalue weighted by molar-refractivity contribution is 0.129. The Hall–Kier alpha value is -1.02. The van der Waals surface area contributed by atoms with Gasteiger partial charge in [-0.3, -0.25) is 0 Å². The summed E-state index contributed by atoms with van der Waals surface area (Å²) in [6.07, 6.45) is 5.44. The van der Waals surface area contributed by atoms with E-state index in [1.165, 1.54) is 36.5 Å². The van der Waals surface area contributed by atoms with E-state index >= 15 is 0 Å². The molecule has 1 nitrogen and oxygen atoms in total. The molecular weight excluding hydrogens is 300 g/mol. The number of hydrogen-bond donors (Lipinski definition) is 0. The third-order valence-electron chi connectivity index (χ3n) is 3.96. The second kappa shape index (κ2) is 5.54. The van der Waals surface area contributed by atoms with Gasteiger partial charge in [0, 0.05) is 4.47 Å². The summed E-state index contributed by atoms with van der Waals surface area (Å²) in [5.74, 6) is 1.81. The van der Waals surface area contributed by atoms with Crippen molar-refractivity contribution in [3.8, 4) is 5.75 Å². The third kappa shape index (κ3) is 3.11. The summed E-state index contributed by atoms with van der Waals surface area (Å²) in [6.45, 7) is 2.33. The highest BCUT2D eigenvalue weighted by molar-refractivity contribution is 9.10. The maximum atomic E-state index is 6.15. The molecule has 0 N–H and O–H groups in total. The molecule has 0 spiro atoms. The smallest absolute Gasteiger partial charge is 0.120 e. The molecule has 0 amide bonds. The lowest BCUT2D eigenvalue weighted by atomic mass is 9.89. The van der Waals surface area contributed by atoms with Crippen molar-refractivity contribution in [1.29, 1.82) is 0 Å². The molecule has 2 atom stereocenters. The molecule has 3 rings (SSSR count). The van der Waals surface area contributed by atoms with E-state index in [2.05, 4.69) is 59.3 Å². The normalized spacial score (nSPS) is 23.5. The molecule has 2 unspecified atom stereocenters. The van der Waals surface area contributed by atoms with Crippen LogP contribution >= 0.6 is 15.9 Å². The summed E-state index contributed by atoms with van der Waals surface area (Å²) >= 11 is 3.51. The zero-order chi connectivity index (χ0) is 13.2. The van der Waals surface area contributed by atoms with E-state index in [0.29, 0.717) is 6.10 Å². The Morgan fingerprint density at radius 2 is 1.84 bits per heavy atom. The highest BCUT2D eigenvalue weighted by atomic mass is 79.9. The van der Waals surface area contributed by atoms with E-state index in [4.69, 9.17) is 4.74 Å². The van der Waals surface area contributed by atoms with Gasteiger partial charge in [-0.25, -0.2) is 0 Å². The van der Waals surface area contributed by atoms with Crippen LogP contribution in [-0.2, 0) is 0 Å². The number of rotatable bonds is 2. The fraction of sp³-hybridized carbons (Fsp3) is 0.412. The topological polar surface area (TPSA) is 9.23 Å². The molecule has 2 aromatic rings. The van der Waals surface area contributed by atoms with Crippen LogP contribution in [0.2, 0.25) is 0 Å². The van der Waals surface area contributed by atoms with Crippen LogP contribution in [0.5, 0.6) is 5.75 Å². The number of ether oxygens (including phenoxy) is 1. The minimum absolute atomic E-state index is 0.400. The molecule has 19 heavy (non-hydrogen) atoms. The largest absolute Gasteiger partial charge is 0.490 e. The maximum absolute atomic E-state index is 6.15. The van der Waals surface area contributed by atoms with Crippen molar-refractivity contribution < 1.29 is 4.74 Å². The van der Waals surface area contributed by atoms with Gasteiger partial charge in [0.05, 0.1) is 6.10 Å². The number of fused-ring (bicyclic) bond motifs is 1. The van der Waals surface area contributed by atoms with Crippen LogP contribution in [0.4, 0.5) is 0 Å². The van der Waals surface area contributed by atoms with Crippen LogP contribution in [0.15, 0.2) is 40.9 Å². The van der Waals surface area contributed by atoms with Crippen molar-refractivity contribution in [1.82, 2.24) is 0 Å². The first-order valence-electron chi connectivity index (χ1n) is 7.07. The quantitative estimate of drug-likeness (QED) is 0.704. The molecule has 1 saturated carbocycles. The summed E-state index contributed by atoms with van der Waals surface area (Å²) in [6, 6.07) is 12.7. The minimum Gasteiger partial charge on any atom is -0.490 e. The number of halogens is 1. The van der Waals surface area contributed by atoms with Crippen molar-refractivity contribution in [2.24, 2.45) is 5.92 Å². The zero-order valence-corrected chi connectivity index (χ0v) is 12.8. The standard InChI is InChI=1S/C17H19BrO/c1-12-3-2-4-16(9-12)19-17-8-6-13-10-15(18)7-5-14(13)11-17/h5-8,10-12,16H,2-4,9H2,1H3. The van der Waals surface area contributed by atoms with E-state index in [9.17, 15) is 0 Å². The fourth-order valence-electron chi connectivity index (χ4n) is 2.95. The Morgan fingerprint density at radius 1 is 1.05 bits per heavy atom. The molecule has 0 aliphatic heterocycles. The minimum atomic E-state index is 0.400. The van der Waals surface area contributed by atoms with Gasteiger partial charge < -0.3 is 4.74 Å². The third-order valence-corrected chi connectivity index (χ3v) is 4.46. The lowest BCUT2D eigenvalue weighted by Crippen LogP contribution is -2.23. The summed E-state index contributed by atoms with van der Waals surface area (Å²) in [5, 5.41) is 2.49. The van der Waals surface area contributed by atoms with Gasteiger partial charge >= 0.3 is 0 Å². The molecule has 100 valence electrons. The molecule has 0 radical (unpaired) electrons. The zero-order valence-electron chi connectivity index (χ0n) is 11.2. The SMILES string of the molecule is CC1CCCC(Oc2ccc3cc(Br)ccc3c2)C1. The van der Waals surface area contributed by atoms with Gasteiger partial charge in [-0.15, -0.1) is 0 Å². The lowest BCUT2D eigenvalue weighted by Gasteiger charge is -2.27. The Labute approximate surface area is 123 Å². The monoisotopic (exact) mass is 318 g/mol. The van der Waals surface area contributed by atoms with Crippen LogP contribution in [0.1, 0.15) is 32.6 Å². The Bertz CT molecular complexity index is 578. The predicted octanol–water partition coefficient (Wildman–Crippen LogP) is 5.56. The second-order valence-electron chi connectivity index (χ2n) is 5.66.